The number of ether oxygens (including phenoxy) is 2. The summed E-state index contributed by atoms with van der Waals surface area (Å²) in [6, 6.07) is 0. The van der Waals surface area contributed by atoms with Crippen LogP contribution in [0.5, 0.6) is 0 Å². The van der Waals surface area contributed by atoms with E-state index >= 15 is 0 Å². The first-order valence-corrected chi connectivity index (χ1v) is 5.97. The molecule has 96 valence electrons. The van der Waals surface area contributed by atoms with Gasteiger partial charge in [-0.2, -0.15) is 0 Å². The molecular formula is C13H20O4. The van der Waals surface area contributed by atoms with Crippen LogP contribution in [0.2, 0.25) is 0 Å². The molecule has 0 aromatic rings. The van der Waals surface area contributed by atoms with Crippen molar-refractivity contribution in [1.29, 1.82) is 0 Å². The zero-order valence-corrected chi connectivity index (χ0v) is 11.0. The molecule has 1 heterocycles. The molecule has 0 aromatic heterocycles. The maximum absolute atomic E-state index is 11.8. The Hall–Kier alpha value is -1.32. The highest BCUT2D eigenvalue weighted by Gasteiger charge is 2.36. The summed E-state index contributed by atoms with van der Waals surface area (Å²) in [5.41, 5.74) is 0.509. The van der Waals surface area contributed by atoms with Crippen LogP contribution < -0.4 is 0 Å². The molecule has 0 fully saturated rings. The topological polar surface area (TPSA) is 52.6 Å². The van der Waals surface area contributed by atoms with Crippen molar-refractivity contribution in [1.82, 2.24) is 0 Å². The van der Waals surface area contributed by atoms with Gasteiger partial charge in [-0.15, -0.1) is 0 Å². The standard InChI is InChI=1S/C13H20O4/c1-5-6-7-16-12(15)10-8-11(14)17-13(3,4)9(10)2/h5-8H2,1-4H3. The summed E-state index contributed by atoms with van der Waals surface area (Å²) in [4.78, 5) is 23.2. The van der Waals surface area contributed by atoms with Crippen molar-refractivity contribution >= 4 is 11.9 Å². The molecule has 0 unspecified atom stereocenters. The summed E-state index contributed by atoms with van der Waals surface area (Å²) in [6.45, 7) is 7.79. The van der Waals surface area contributed by atoms with E-state index in [1.165, 1.54) is 0 Å². The molecule has 0 bridgehead atoms. The van der Waals surface area contributed by atoms with Crippen LogP contribution in [-0.4, -0.2) is 24.1 Å². The Kier molecular flexibility index (Phi) is 4.32. The number of esters is 2. The van der Waals surface area contributed by atoms with E-state index in [4.69, 9.17) is 9.47 Å². The second-order valence-corrected chi connectivity index (χ2v) is 4.75. The molecular weight excluding hydrogens is 220 g/mol. The summed E-state index contributed by atoms with van der Waals surface area (Å²) in [6.07, 6.45) is 1.82. The minimum atomic E-state index is -0.714. The van der Waals surface area contributed by atoms with Crippen LogP contribution in [0.15, 0.2) is 11.1 Å². The number of carbonyl (C=O) groups excluding carboxylic acids is 2. The molecule has 4 nitrogen and oxygen atoms in total. The molecule has 1 aliphatic rings. The first-order valence-electron chi connectivity index (χ1n) is 5.97. The number of unbranched alkanes of at least 4 members (excludes halogenated alkanes) is 1. The van der Waals surface area contributed by atoms with E-state index in [0.29, 0.717) is 12.2 Å². The lowest BCUT2D eigenvalue weighted by Crippen LogP contribution is -2.36. The molecule has 0 saturated heterocycles. The summed E-state index contributed by atoms with van der Waals surface area (Å²) in [5.74, 6) is -0.760. The summed E-state index contributed by atoms with van der Waals surface area (Å²) < 4.78 is 10.3. The number of hydrogen-bond acceptors (Lipinski definition) is 4. The summed E-state index contributed by atoms with van der Waals surface area (Å²) in [5, 5.41) is 0. The van der Waals surface area contributed by atoms with Gasteiger partial charge in [0.2, 0.25) is 0 Å². The van der Waals surface area contributed by atoms with Gasteiger partial charge < -0.3 is 9.47 Å². The predicted octanol–water partition coefficient (Wildman–Crippen LogP) is 2.37. The van der Waals surface area contributed by atoms with Crippen LogP contribution in [0, 0.1) is 0 Å². The van der Waals surface area contributed by atoms with Crippen molar-refractivity contribution in [2.75, 3.05) is 6.61 Å². The fourth-order valence-corrected chi connectivity index (χ4v) is 1.66. The Balaban J connectivity index is 2.80. The summed E-state index contributed by atoms with van der Waals surface area (Å²) >= 11 is 0. The molecule has 4 heteroatoms. The van der Waals surface area contributed by atoms with Gasteiger partial charge in [-0.25, -0.2) is 4.79 Å². The Morgan fingerprint density at radius 3 is 2.71 bits per heavy atom. The normalized spacial score (nSPS) is 18.9. The lowest BCUT2D eigenvalue weighted by atomic mass is 9.90. The average molecular weight is 240 g/mol. The van der Waals surface area contributed by atoms with Gasteiger partial charge in [-0.1, -0.05) is 13.3 Å². The number of rotatable bonds is 4. The SMILES string of the molecule is CCCCOC(=O)C1=C(C)C(C)(C)OC(=O)C1. The van der Waals surface area contributed by atoms with E-state index in [9.17, 15) is 9.59 Å². The van der Waals surface area contributed by atoms with Crippen LogP contribution in [0.1, 0.15) is 47.0 Å². The molecule has 0 radical (unpaired) electrons. The first-order chi connectivity index (χ1) is 7.88. The van der Waals surface area contributed by atoms with Crippen molar-refractivity contribution < 1.29 is 19.1 Å². The second-order valence-electron chi connectivity index (χ2n) is 4.75. The third-order valence-corrected chi connectivity index (χ3v) is 3.02. The van der Waals surface area contributed by atoms with Gasteiger partial charge in [0.15, 0.2) is 0 Å². The number of carbonyl (C=O) groups is 2. The Morgan fingerprint density at radius 1 is 1.47 bits per heavy atom. The van der Waals surface area contributed by atoms with Crippen LogP contribution in [-0.2, 0) is 19.1 Å². The second kappa shape index (κ2) is 5.34. The quantitative estimate of drug-likeness (QED) is 0.559. The van der Waals surface area contributed by atoms with Gasteiger partial charge in [0.1, 0.15) is 5.60 Å². The third kappa shape index (κ3) is 3.32. The molecule has 0 amide bonds. The van der Waals surface area contributed by atoms with Crippen LogP contribution in [0.4, 0.5) is 0 Å². The monoisotopic (exact) mass is 240 g/mol. The Morgan fingerprint density at radius 2 is 2.12 bits per heavy atom. The smallest absolute Gasteiger partial charge is 0.334 e. The van der Waals surface area contributed by atoms with Crippen LogP contribution in [0.25, 0.3) is 0 Å². The largest absolute Gasteiger partial charge is 0.462 e. The molecule has 0 atom stereocenters. The first kappa shape index (κ1) is 13.7. The molecule has 0 aromatic carbocycles. The lowest BCUT2D eigenvalue weighted by Gasteiger charge is -2.32. The van der Waals surface area contributed by atoms with Crippen molar-refractivity contribution in [2.24, 2.45) is 0 Å². The number of hydrogen-bond donors (Lipinski definition) is 0. The van der Waals surface area contributed by atoms with E-state index in [1.807, 2.05) is 13.8 Å². The molecule has 0 aliphatic carbocycles. The predicted molar refractivity (Wildman–Crippen MR) is 63.4 cm³/mol. The van der Waals surface area contributed by atoms with E-state index in [-0.39, 0.29) is 18.4 Å². The highest BCUT2D eigenvalue weighted by molar-refractivity contribution is 5.96. The van der Waals surface area contributed by atoms with Gasteiger partial charge >= 0.3 is 11.9 Å². The molecule has 0 saturated carbocycles. The van der Waals surface area contributed by atoms with Gasteiger partial charge in [-0.05, 0) is 32.8 Å². The molecule has 0 N–H and O–H groups in total. The van der Waals surface area contributed by atoms with Crippen LogP contribution in [0.3, 0.4) is 0 Å². The highest BCUT2D eigenvalue weighted by atomic mass is 16.6. The zero-order chi connectivity index (χ0) is 13.1. The van der Waals surface area contributed by atoms with Crippen molar-refractivity contribution in [3.63, 3.8) is 0 Å². The van der Waals surface area contributed by atoms with Gasteiger partial charge in [0, 0.05) is 0 Å². The fourth-order valence-electron chi connectivity index (χ4n) is 1.66. The van der Waals surface area contributed by atoms with Gasteiger partial charge in [-0.3, -0.25) is 4.79 Å². The van der Waals surface area contributed by atoms with Crippen molar-refractivity contribution in [3.8, 4) is 0 Å². The van der Waals surface area contributed by atoms with E-state index in [2.05, 4.69) is 0 Å². The maximum atomic E-state index is 11.8. The molecule has 1 rings (SSSR count). The zero-order valence-electron chi connectivity index (χ0n) is 11.0. The molecule has 0 spiro atoms. The minimum absolute atomic E-state index is 0.0141. The lowest BCUT2D eigenvalue weighted by molar-refractivity contribution is -0.157. The van der Waals surface area contributed by atoms with Gasteiger partial charge in [0.25, 0.3) is 0 Å². The van der Waals surface area contributed by atoms with Crippen molar-refractivity contribution in [2.45, 2.75) is 52.6 Å². The molecule has 1 aliphatic heterocycles. The van der Waals surface area contributed by atoms with E-state index < -0.39 is 5.60 Å². The Bertz CT molecular complexity index is 352. The van der Waals surface area contributed by atoms with Gasteiger partial charge in [0.05, 0.1) is 18.6 Å². The van der Waals surface area contributed by atoms with Crippen LogP contribution >= 0.6 is 0 Å². The fraction of sp³-hybridized carbons (Fsp3) is 0.692. The number of cyclic esters (lactones) is 1. The Labute approximate surface area is 102 Å². The highest BCUT2D eigenvalue weighted by Crippen LogP contribution is 2.31. The molecule has 17 heavy (non-hydrogen) atoms. The summed E-state index contributed by atoms with van der Waals surface area (Å²) in [7, 11) is 0. The third-order valence-electron chi connectivity index (χ3n) is 3.02. The average Bonchev–Trinajstić information content (AvgIpc) is 2.23. The maximum Gasteiger partial charge on any atom is 0.334 e. The minimum Gasteiger partial charge on any atom is -0.462 e. The van der Waals surface area contributed by atoms with Crippen molar-refractivity contribution in [3.05, 3.63) is 11.1 Å². The van der Waals surface area contributed by atoms with E-state index in [0.717, 1.165) is 18.4 Å². The van der Waals surface area contributed by atoms with E-state index in [1.54, 1.807) is 13.8 Å².